The Balaban J connectivity index is 1.65. The van der Waals surface area contributed by atoms with Crippen LogP contribution in [0.5, 0.6) is 0 Å². The van der Waals surface area contributed by atoms with Crippen LogP contribution in [-0.4, -0.2) is 49.1 Å². The van der Waals surface area contributed by atoms with Gasteiger partial charge in [0.1, 0.15) is 0 Å². The summed E-state index contributed by atoms with van der Waals surface area (Å²) < 4.78 is 5.54. The topological polar surface area (TPSA) is 67.3 Å². The summed E-state index contributed by atoms with van der Waals surface area (Å²) in [6.07, 6.45) is 4.07. The molecule has 0 fully saturated rings. The Bertz CT molecular complexity index is 803. The minimum absolute atomic E-state index is 0.125. The third-order valence-electron chi connectivity index (χ3n) is 4.98. The highest BCUT2D eigenvalue weighted by atomic mass is 16.5. The normalized spacial score (nSPS) is 16.2. The zero-order valence-corrected chi connectivity index (χ0v) is 17.2. The van der Waals surface area contributed by atoms with Gasteiger partial charge in [0.2, 0.25) is 5.95 Å². The third kappa shape index (κ3) is 5.07. The lowest BCUT2D eigenvalue weighted by atomic mass is 9.82. The standard InChI is InChI=1S/C22H30N4O2/c1-15(2)28-11-5-10-23-22-24-14-19-20(25-22)12-17(13-21(19)27)16-6-8-18(9-7-16)26(3)4/h6-9,14-15,17H,5,10-13H2,1-4H3,(H,23,24,25). The number of hydrogen-bond acceptors (Lipinski definition) is 6. The van der Waals surface area contributed by atoms with E-state index in [1.54, 1.807) is 6.20 Å². The maximum atomic E-state index is 12.6. The minimum Gasteiger partial charge on any atom is -0.379 e. The molecule has 6 nitrogen and oxygen atoms in total. The Morgan fingerprint density at radius 1 is 1.21 bits per heavy atom. The van der Waals surface area contributed by atoms with E-state index in [9.17, 15) is 4.79 Å². The van der Waals surface area contributed by atoms with E-state index in [1.807, 2.05) is 27.9 Å². The lowest BCUT2D eigenvalue weighted by Crippen LogP contribution is -2.21. The number of benzene rings is 1. The molecule has 1 aliphatic carbocycles. The highest BCUT2D eigenvalue weighted by molar-refractivity contribution is 5.98. The summed E-state index contributed by atoms with van der Waals surface area (Å²) in [5.74, 6) is 0.873. The fourth-order valence-corrected chi connectivity index (χ4v) is 3.40. The maximum absolute atomic E-state index is 12.6. The van der Waals surface area contributed by atoms with Crippen LogP contribution in [-0.2, 0) is 11.2 Å². The first kappa shape index (κ1) is 20.3. The van der Waals surface area contributed by atoms with Gasteiger partial charge in [-0.05, 0) is 50.3 Å². The quantitative estimate of drug-likeness (QED) is 0.703. The maximum Gasteiger partial charge on any atom is 0.222 e. The van der Waals surface area contributed by atoms with Gasteiger partial charge < -0.3 is 15.0 Å². The van der Waals surface area contributed by atoms with Crippen molar-refractivity contribution in [1.29, 1.82) is 0 Å². The second-order valence-electron chi connectivity index (χ2n) is 7.77. The number of carbonyl (C=O) groups excluding carboxylic acids is 1. The van der Waals surface area contributed by atoms with Crippen molar-refractivity contribution >= 4 is 17.4 Å². The first-order valence-corrected chi connectivity index (χ1v) is 9.96. The summed E-state index contributed by atoms with van der Waals surface area (Å²) >= 11 is 0. The molecule has 1 N–H and O–H groups in total. The number of rotatable bonds is 8. The number of ketones is 1. The molecule has 150 valence electrons. The summed E-state index contributed by atoms with van der Waals surface area (Å²) in [6, 6.07) is 8.43. The molecule has 1 aliphatic rings. The summed E-state index contributed by atoms with van der Waals surface area (Å²) in [4.78, 5) is 23.6. The second-order valence-corrected chi connectivity index (χ2v) is 7.77. The predicted octanol–water partition coefficient (Wildman–Crippen LogP) is 3.68. The van der Waals surface area contributed by atoms with Crippen molar-refractivity contribution in [3.8, 4) is 0 Å². The lowest BCUT2D eigenvalue weighted by molar-refractivity contribution is 0.0787. The van der Waals surface area contributed by atoms with E-state index in [4.69, 9.17) is 4.74 Å². The Morgan fingerprint density at radius 3 is 2.64 bits per heavy atom. The number of Topliss-reactive ketones (excluding diaryl/α,β-unsaturated/α-hetero) is 1. The fourth-order valence-electron chi connectivity index (χ4n) is 3.40. The summed E-state index contributed by atoms with van der Waals surface area (Å²) in [5, 5.41) is 3.24. The molecule has 6 heteroatoms. The Kier molecular flexibility index (Phi) is 6.62. The monoisotopic (exact) mass is 382 g/mol. The van der Waals surface area contributed by atoms with Crippen LogP contribution in [0.2, 0.25) is 0 Å². The molecule has 3 rings (SSSR count). The molecule has 1 atom stereocenters. The average molecular weight is 383 g/mol. The zero-order chi connectivity index (χ0) is 20.1. The van der Waals surface area contributed by atoms with Crippen LogP contribution in [0.1, 0.15) is 54.2 Å². The smallest absolute Gasteiger partial charge is 0.222 e. The molecule has 1 aromatic heterocycles. The Morgan fingerprint density at radius 2 is 1.96 bits per heavy atom. The summed E-state index contributed by atoms with van der Waals surface area (Å²) in [7, 11) is 4.05. The molecule has 0 spiro atoms. The van der Waals surface area contributed by atoms with Gasteiger partial charge in [0, 0.05) is 45.6 Å². The molecular weight excluding hydrogens is 352 g/mol. The lowest BCUT2D eigenvalue weighted by Gasteiger charge is -2.24. The SMILES string of the molecule is CC(C)OCCCNc1ncc2c(n1)CC(c1ccc(N(C)C)cc1)CC2=O. The highest BCUT2D eigenvalue weighted by Gasteiger charge is 2.28. The zero-order valence-electron chi connectivity index (χ0n) is 17.2. The van der Waals surface area contributed by atoms with E-state index in [0.29, 0.717) is 24.5 Å². The van der Waals surface area contributed by atoms with Crippen molar-refractivity contribution in [3.63, 3.8) is 0 Å². The number of fused-ring (bicyclic) bond motifs is 1. The molecule has 0 amide bonds. The largest absolute Gasteiger partial charge is 0.379 e. The predicted molar refractivity (Wildman–Crippen MR) is 112 cm³/mol. The molecular formula is C22H30N4O2. The van der Waals surface area contributed by atoms with E-state index in [2.05, 4.69) is 44.5 Å². The number of nitrogens with one attached hydrogen (secondary N) is 1. The number of hydrogen-bond donors (Lipinski definition) is 1. The van der Waals surface area contributed by atoms with Gasteiger partial charge in [-0.3, -0.25) is 4.79 Å². The summed E-state index contributed by atoms with van der Waals surface area (Å²) in [6.45, 7) is 5.51. The van der Waals surface area contributed by atoms with Crippen LogP contribution in [0.4, 0.5) is 11.6 Å². The van der Waals surface area contributed by atoms with Crippen LogP contribution in [0.3, 0.4) is 0 Å². The molecule has 2 aromatic rings. The van der Waals surface area contributed by atoms with Crippen molar-refractivity contribution in [2.45, 2.75) is 45.1 Å². The van der Waals surface area contributed by atoms with Crippen molar-refractivity contribution < 1.29 is 9.53 Å². The van der Waals surface area contributed by atoms with Gasteiger partial charge in [-0.15, -0.1) is 0 Å². The van der Waals surface area contributed by atoms with E-state index >= 15 is 0 Å². The van der Waals surface area contributed by atoms with Gasteiger partial charge in [-0.2, -0.15) is 0 Å². The van der Waals surface area contributed by atoms with E-state index in [0.717, 1.165) is 30.8 Å². The Hall–Kier alpha value is -2.47. The van der Waals surface area contributed by atoms with Crippen molar-refractivity contribution in [3.05, 3.63) is 47.3 Å². The first-order valence-electron chi connectivity index (χ1n) is 9.96. The van der Waals surface area contributed by atoms with Gasteiger partial charge in [-0.1, -0.05) is 12.1 Å². The molecule has 0 bridgehead atoms. The molecule has 1 heterocycles. The van der Waals surface area contributed by atoms with E-state index in [-0.39, 0.29) is 17.8 Å². The molecule has 0 radical (unpaired) electrons. The number of aromatic nitrogens is 2. The van der Waals surface area contributed by atoms with Gasteiger partial charge in [-0.25, -0.2) is 9.97 Å². The summed E-state index contributed by atoms with van der Waals surface area (Å²) in [5.41, 5.74) is 3.84. The molecule has 1 aromatic carbocycles. The average Bonchev–Trinajstić information content (AvgIpc) is 2.67. The van der Waals surface area contributed by atoms with Crippen LogP contribution in [0.15, 0.2) is 30.5 Å². The fraction of sp³-hybridized carbons (Fsp3) is 0.500. The van der Waals surface area contributed by atoms with Crippen LogP contribution in [0.25, 0.3) is 0 Å². The van der Waals surface area contributed by atoms with Gasteiger partial charge in [0.05, 0.1) is 17.4 Å². The molecule has 28 heavy (non-hydrogen) atoms. The van der Waals surface area contributed by atoms with Gasteiger partial charge in [0.15, 0.2) is 5.78 Å². The highest BCUT2D eigenvalue weighted by Crippen LogP contribution is 2.32. The van der Waals surface area contributed by atoms with Crippen LogP contribution < -0.4 is 10.2 Å². The number of nitrogens with zero attached hydrogens (tertiary/aromatic N) is 3. The molecule has 0 saturated heterocycles. The molecule has 1 unspecified atom stereocenters. The minimum atomic E-state index is 0.125. The van der Waals surface area contributed by atoms with E-state index < -0.39 is 0 Å². The third-order valence-corrected chi connectivity index (χ3v) is 4.98. The number of carbonyl (C=O) groups is 1. The first-order chi connectivity index (χ1) is 13.4. The van der Waals surface area contributed by atoms with E-state index in [1.165, 1.54) is 5.56 Å². The molecule has 0 aliphatic heterocycles. The molecule has 0 saturated carbocycles. The number of ether oxygens (including phenoxy) is 1. The number of anilines is 2. The van der Waals surface area contributed by atoms with Crippen molar-refractivity contribution in [2.24, 2.45) is 0 Å². The van der Waals surface area contributed by atoms with Gasteiger partial charge >= 0.3 is 0 Å². The van der Waals surface area contributed by atoms with Crippen molar-refractivity contribution in [1.82, 2.24) is 9.97 Å². The van der Waals surface area contributed by atoms with Crippen LogP contribution in [0, 0.1) is 0 Å². The second kappa shape index (κ2) is 9.15. The van der Waals surface area contributed by atoms with Crippen LogP contribution >= 0.6 is 0 Å². The Labute approximate surface area is 167 Å². The van der Waals surface area contributed by atoms with Crippen molar-refractivity contribution in [2.75, 3.05) is 37.5 Å². The van der Waals surface area contributed by atoms with Gasteiger partial charge in [0.25, 0.3) is 0 Å².